The molecule has 53 valence electrons. The number of rotatable bonds is 3. The highest BCUT2D eigenvalue weighted by Gasteiger charge is 1.98. The first kappa shape index (κ1) is 8.27. The van der Waals surface area contributed by atoms with Crippen molar-refractivity contribution in [3.8, 4) is 0 Å². The number of carbonyl (C=O) groups excluding carboxylic acids is 1. The number of nitrogens with one attached hydrogen (secondary N) is 1. The number of primary amides is 1. The molecule has 3 N–H and O–H groups in total. The number of nitrogens with two attached hydrogens (primary N) is 1. The quantitative estimate of drug-likeness (QED) is 0.583. The van der Waals surface area contributed by atoms with Gasteiger partial charge >= 0.3 is 6.03 Å². The molecular formula is C6H13N2O. The second-order valence-electron chi connectivity index (χ2n) is 2.06. The van der Waals surface area contributed by atoms with Gasteiger partial charge in [0.15, 0.2) is 0 Å². The van der Waals surface area contributed by atoms with Gasteiger partial charge in [-0.3, -0.25) is 0 Å². The lowest BCUT2D eigenvalue weighted by Crippen LogP contribution is -2.28. The van der Waals surface area contributed by atoms with E-state index < -0.39 is 6.03 Å². The number of hydrogen-bond acceptors (Lipinski definition) is 1. The van der Waals surface area contributed by atoms with Crippen LogP contribution in [0.25, 0.3) is 0 Å². The fourth-order valence-electron chi connectivity index (χ4n) is 0.342. The second kappa shape index (κ2) is 4.18. The van der Waals surface area contributed by atoms with Crippen molar-refractivity contribution in [1.29, 1.82) is 0 Å². The van der Waals surface area contributed by atoms with Gasteiger partial charge in [-0.15, -0.1) is 0 Å². The SMILES string of the molecule is CCC(C)[CH]NC(N)=O. The average molecular weight is 129 g/mol. The zero-order valence-corrected chi connectivity index (χ0v) is 5.85. The van der Waals surface area contributed by atoms with Crippen molar-refractivity contribution < 1.29 is 4.79 Å². The fraction of sp³-hybridized carbons (Fsp3) is 0.667. The number of carbonyl (C=O) groups is 1. The second-order valence-corrected chi connectivity index (χ2v) is 2.06. The van der Waals surface area contributed by atoms with Crippen LogP contribution in [0.5, 0.6) is 0 Å². The maximum Gasteiger partial charge on any atom is 0.312 e. The maximum atomic E-state index is 10.1. The van der Waals surface area contributed by atoms with Gasteiger partial charge in [0.05, 0.1) is 6.54 Å². The highest BCUT2D eigenvalue weighted by molar-refractivity contribution is 5.72. The summed E-state index contributed by atoms with van der Waals surface area (Å²) in [4.78, 5) is 10.1. The molecule has 0 heterocycles. The predicted molar refractivity (Wildman–Crippen MR) is 36.5 cm³/mol. The van der Waals surface area contributed by atoms with Gasteiger partial charge in [0.2, 0.25) is 0 Å². The summed E-state index contributed by atoms with van der Waals surface area (Å²) in [7, 11) is 0. The molecule has 0 saturated heterocycles. The minimum Gasteiger partial charge on any atom is -0.352 e. The van der Waals surface area contributed by atoms with E-state index in [1.54, 1.807) is 6.54 Å². The van der Waals surface area contributed by atoms with Crippen LogP contribution in [0.15, 0.2) is 0 Å². The van der Waals surface area contributed by atoms with Crippen molar-refractivity contribution in [3.63, 3.8) is 0 Å². The molecule has 0 saturated carbocycles. The molecule has 0 spiro atoms. The van der Waals surface area contributed by atoms with E-state index in [-0.39, 0.29) is 0 Å². The smallest absolute Gasteiger partial charge is 0.312 e. The number of hydrogen-bond donors (Lipinski definition) is 2. The van der Waals surface area contributed by atoms with E-state index in [1.807, 2.05) is 13.8 Å². The van der Waals surface area contributed by atoms with E-state index in [4.69, 9.17) is 5.73 Å². The Kier molecular flexibility index (Phi) is 3.84. The summed E-state index contributed by atoms with van der Waals surface area (Å²) in [6.07, 6.45) is 1.01. The first-order chi connectivity index (χ1) is 4.16. The van der Waals surface area contributed by atoms with E-state index in [2.05, 4.69) is 5.32 Å². The summed E-state index contributed by atoms with van der Waals surface area (Å²) in [5.74, 6) is 0.400. The maximum absolute atomic E-state index is 10.1. The van der Waals surface area contributed by atoms with Crippen molar-refractivity contribution in [1.82, 2.24) is 5.32 Å². The Morgan fingerprint density at radius 2 is 2.44 bits per heavy atom. The Morgan fingerprint density at radius 1 is 1.89 bits per heavy atom. The van der Waals surface area contributed by atoms with Crippen molar-refractivity contribution in [2.45, 2.75) is 20.3 Å². The van der Waals surface area contributed by atoms with Gasteiger partial charge in [-0.25, -0.2) is 4.79 Å². The minimum absolute atomic E-state index is 0.400. The van der Waals surface area contributed by atoms with E-state index in [0.717, 1.165) is 6.42 Å². The molecule has 0 aliphatic heterocycles. The normalized spacial score (nSPS) is 12.7. The van der Waals surface area contributed by atoms with Crippen LogP contribution in [0.1, 0.15) is 20.3 Å². The lowest BCUT2D eigenvalue weighted by molar-refractivity contribution is 0.250. The Bertz CT molecular complexity index is 93.1. The monoisotopic (exact) mass is 129 g/mol. The van der Waals surface area contributed by atoms with Gasteiger partial charge in [-0.05, 0) is 5.92 Å². The zero-order valence-electron chi connectivity index (χ0n) is 5.85. The summed E-state index contributed by atoms with van der Waals surface area (Å²) in [5, 5.41) is 2.41. The first-order valence-corrected chi connectivity index (χ1v) is 3.06. The third-order valence-electron chi connectivity index (χ3n) is 1.15. The molecule has 2 amide bonds. The summed E-state index contributed by atoms with van der Waals surface area (Å²) in [6, 6.07) is -0.490. The Morgan fingerprint density at radius 3 is 2.78 bits per heavy atom. The molecule has 0 rings (SSSR count). The molecule has 0 fully saturated rings. The molecule has 0 aromatic heterocycles. The average Bonchev–Trinajstić information content (AvgIpc) is 1.83. The van der Waals surface area contributed by atoms with E-state index >= 15 is 0 Å². The third kappa shape index (κ3) is 5.14. The van der Waals surface area contributed by atoms with E-state index in [9.17, 15) is 4.79 Å². The van der Waals surface area contributed by atoms with Crippen molar-refractivity contribution in [3.05, 3.63) is 6.54 Å². The van der Waals surface area contributed by atoms with Gasteiger partial charge in [0.25, 0.3) is 0 Å². The lowest BCUT2D eigenvalue weighted by atomic mass is 10.1. The molecule has 0 aliphatic rings. The lowest BCUT2D eigenvalue weighted by Gasteiger charge is -2.05. The van der Waals surface area contributed by atoms with Crippen molar-refractivity contribution in [2.24, 2.45) is 11.7 Å². The molecule has 1 atom stereocenters. The Balaban J connectivity index is 3.16. The van der Waals surface area contributed by atoms with E-state index in [0.29, 0.717) is 5.92 Å². The summed E-state index contributed by atoms with van der Waals surface area (Å²) in [5.41, 5.74) is 4.81. The van der Waals surface area contributed by atoms with Crippen LogP contribution in [0.4, 0.5) is 4.79 Å². The molecule has 0 aliphatic carbocycles. The summed E-state index contributed by atoms with van der Waals surface area (Å²) in [6.45, 7) is 5.75. The fourth-order valence-corrected chi connectivity index (χ4v) is 0.342. The van der Waals surface area contributed by atoms with Crippen LogP contribution in [0, 0.1) is 12.5 Å². The standard InChI is InChI=1S/C6H13N2O/c1-3-5(2)4-8-6(7)9/h4-5H,3H2,1-2H3,(H3,7,8,9). The highest BCUT2D eigenvalue weighted by Crippen LogP contribution is 2.00. The van der Waals surface area contributed by atoms with Crippen LogP contribution in [-0.2, 0) is 0 Å². The van der Waals surface area contributed by atoms with Gasteiger partial charge in [0, 0.05) is 0 Å². The number of urea groups is 1. The molecule has 9 heavy (non-hydrogen) atoms. The van der Waals surface area contributed by atoms with Gasteiger partial charge in [-0.2, -0.15) is 0 Å². The van der Waals surface area contributed by atoms with Gasteiger partial charge < -0.3 is 11.1 Å². The highest BCUT2D eigenvalue weighted by atomic mass is 16.2. The molecule has 0 bridgehead atoms. The van der Waals surface area contributed by atoms with E-state index in [1.165, 1.54) is 0 Å². The molecule has 1 radical (unpaired) electrons. The molecule has 0 aromatic carbocycles. The molecule has 0 aromatic rings. The molecule has 1 unspecified atom stereocenters. The zero-order chi connectivity index (χ0) is 7.28. The third-order valence-corrected chi connectivity index (χ3v) is 1.15. The first-order valence-electron chi connectivity index (χ1n) is 3.06. The van der Waals surface area contributed by atoms with Gasteiger partial charge in [0.1, 0.15) is 0 Å². The molecule has 3 heteroatoms. The minimum atomic E-state index is -0.490. The van der Waals surface area contributed by atoms with Crippen molar-refractivity contribution >= 4 is 6.03 Å². The summed E-state index contributed by atoms with van der Waals surface area (Å²) >= 11 is 0. The topological polar surface area (TPSA) is 55.1 Å². The van der Waals surface area contributed by atoms with Gasteiger partial charge in [-0.1, -0.05) is 20.3 Å². The van der Waals surface area contributed by atoms with Crippen LogP contribution in [0.2, 0.25) is 0 Å². The largest absolute Gasteiger partial charge is 0.352 e. The number of amides is 2. The molecule has 3 nitrogen and oxygen atoms in total. The van der Waals surface area contributed by atoms with Crippen LogP contribution >= 0.6 is 0 Å². The van der Waals surface area contributed by atoms with Crippen LogP contribution in [0.3, 0.4) is 0 Å². The Labute approximate surface area is 55.6 Å². The molecular weight excluding hydrogens is 116 g/mol. The summed E-state index contributed by atoms with van der Waals surface area (Å²) < 4.78 is 0. The van der Waals surface area contributed by atoms with Crippen LogP contribution in [-0.4, -0.2) is 6.03 Å². The Hall–Kier alpha value is -0.730. The van der Waals surface area contributed by atoms with Crippen molar-refractivity contribution in [2.75, 3.05) is 0 Å². The predicted octanol–water partition coefficient (Wildman–Crippen LogP) is 0.863. The van der Waals surface area contributed by atoms with Crippen LogP contribution < -0.4 is 11.1 Å².